The summed E-state index contributed by atoms with van der Waals surface area (Å²) in [4.78, 5) is 12.0. The van der Waals surface area contributed by atoms with Crippen LogP contribution in [0.3, 0.4) is 0 Å². The molecule has 0 aromatic carbocycles. The molecule has 6 nitrogen and oxygen atoms in total. The number of hydrogen-bond acceptors (Lipinski definition) is 4. The number of aryl methyl sites for hydroxylation is 1. The number of guanidine groups is 1. The second kappa shape index (κ2) is 7.78. The molecule has 0 bridgehead atoms. The van der Waals surface area contributed by atoms with Crippen molar-refractivity contribution >= 4 is 17.3 Å². The molecule has 7 heteroatoms. The van der Waals surface area contributed by atoms with Gasteiger partial charge in [0.15, 0.2) is 5.96 Å². The highest BCUT2D eigenvalue weighted by molar-refractivity contribution is 7.09. The van der Waals surface area contributed by atoms with Gasteiger partial charge in [0.2, 0.25) is 0 Å². The van der Waals surface area contributed by atoms with Gasteiger partial charge in [-0.05, 0) is 18.9 Å². The van der Waals surface area contributed by atoms with Gasteiger partial charge in [-0.3, -0.25) is 4.68 Å². The fraction of sp³-hybridized carbons (Fsp3) is 0.632. The van der Waals surface area contributed by atoms with Crippen LogP contribution >= 0.6 is 11.3 Å². The van der Waals surface area contributed by atoms with E-state index in [0.29, 0.717) is 12.5 Å². The predicted molar refractivity (Wildman–Crippen MR) is 108 cm³/mol. The quantitative estimate of drug-likeness (QED) is 0.660. The first-order chi connectivity index (χ1) is 12.4. The number of nitrogens with zero attached hydrogens (tertiary/aromatic N) is 5. The predicted octanol–water partition coefficient (Wildman–Crippen LogP) is 3.13. The van der Waals surface area contributed by atoms with Crippen molar-refractivity contribution in [3.05, 3.63) is 34.0 Å². The van der Waals surface area contributed by atoms with Crippen molar-refractivity contribution < 1.29 is 0 Å². The van der Waals surface area contributed by atoms with E-state index in [0.717, 1.165) is 42.7 Å². The summed E-state index contributed by atoms with van der Waals surface area (Å²) in [5, 5.41) is 11.0. The first-order valence-corrected chi connectivity index (χ1v) is 10.2. The minimum Gasteiger partial charge on any atom is -0.357 e. The SMILES string of the molecule is CCNC(=NCc1nc(C(C)(C)C)cs1)N1CCC(c2cnn(C)c2)C1. The summed E-state index contributed by atoms with van der Waals surface area (Å²) < 4.78 is 1.88. The molecule has 0 spiro atoms. The van der Waals surface area contributed by atoms with E-state index in [4.69, 9.17) is 9.98 Å². The lowest BCUT2D eigenvalue weighted by atomic mass is 9.93. The van der Waals surface area contributed by atoms with Crippen LogP contribution in [0.15, 0.2) is 22.8 Å². The Labute approximate surface area is 160 Å². The van der Waals surface area contributed by atoms with Crippen molar-refractivity contribution in [2.45, 2.75) is 52.0 Å². The van der Waals surface area contributed by atoms with Crippen molar-refractivity contribution in [1.82, 2.24) is 25.0 Å². The summed E-state index contributed by atoms with van der Waals surface area (Å²) in [5.41, 5.74) is 2.56. The topological polar surface area (TPSA) is 58.3 Å². The molecule has 1 aliphatic rings. The average Bonchev–Trinajstić information content (AvgIpc) is 3.30. The van der Waals surface area contributed by atoms with Crippen LogP contribution < -0.4 is 5.32 Å². The summed E-state index contributed by atoms with van der Waals surface area (Å²) >= 11 is 1.70. The molecule has 0 amide bonds. The van der Waals surface area contributed by atoms with Crippen LogP contribution in [-0.4, -0.2) is 45.3 Å². The van der Waals surface area contributed by atoms with Gasteiger partial charge in [0, 0.05) is 49.6 Å². The monoisotopic (exact) mass is 374 g/mol. The molecule has 0 saturated carbocycles. The van der Waals surface area contributed by atoms with E-state index in [-0.39, 0.29) is 5.41 Å². The van der Waals surface area contributed by atoms with Crippen LogP contribution in [0.2, 0.25) is 0 Å². The van der Waals surface area contributed by atoms with Gasteiger partial charge in [0.25, 0.3) is 0 Å². The molecule has 1 fully saturated rings. The van der Waals surface area contributed by atoms with E-state index < -0.39 is 0 Å². The molecule has 3 heterocycles. The molecule has 1 N–H and O–H groups in total. The Morgan fingerprint density at radius 2 is 2.23 bits per heavy atom. The van der Waals surface area contributed by atoms with E-state index in [9.17, 15) is 0 Å². The van der Waals surface area contributed by atoms with Gasteiger partial charge in [-0.15, -0.1) is 11.3 Å². The summed E-state index contributed by atoms with van der Waals surface area (Å²) in [5.74, 6) is 1.52. The molecule has 3 rings (SSSR count). The molecule has 1 atom stereocenters. The molecule has 142 valence electrons. The van der Waals surface area contributed by atoms with Crippen molar-refractivity contribution in [2.75, 3.05) is 19.6 Å². The first-order valence-electron chi connectivity index (χ1n) is 9.33. The molecule has 2 aromatic heterocycles. The van der Waals surface area contributed by atoms with Gasteiger partial charge in [0.05, 0.1) is 18.4 Å². The van der Waals surface area contributed by atoms with Crippen molar-refractivity contribution in [3.63, 3.8) is 0 Å². The number of hydrogen-bond donors (Lipinski definition) is 1. The highest BCUT2D eigenvalue weighted by Crippen LogP contribution is 2.27. The van der Waals surface area contributed by atoms with Crippen molar-refractivity contribution in [1.29, 1.82) is 0 Å². The average molecular weight is 375 g/mol. The maximum atomic E-state index is 4.85. The summed E-state index contributed by atoms with van der Waals surface area (Å²) in [7, 11) is 1.97. The molecule has 26 heavy (non-hydrogen) atoms. The third kappa shape index (κ3) is 4.44. The van der Waals surface area contributed by atoms with E-state index in [2.05, 4.69) is 54.6 Å². The minimum atomic E-state index is 0.0921. The normalized spacial score (nSPS) is 18.6. The van der Waals surface area contributed by atoms with Crippen LogP contribution in [0.5, 0.6) is 0 Å². The molecule has 2 aromatic rings. The number of rotatable bonds is 4. The molecule has 1 aliphatic heterocycles. The van der Waals surface area contributed by atoms with Gasteiger partial charge < -0.3 is 10.2 Å². The van der Waals surface area contributed by atoms with Gasteiger partial charge >= 0.3 is 0 Å². The zero-order valence-corrected chi connectivity index (χ0v) is 17.3. The molecular weight excluding hydrogens is 344 g/mol. The Morgan fingerprint density at radius 1 is 1.42 bits per heavy atom. The lowest BCUT2D eigenvalue weighted by Crippen LogP contribution is -2.40. The Morgan fingerprint density at radius 3 is 2.85 bits per heavy atom. The van der Waals surface area contributed by atoms with Crippen LogP contribution in [0.25, 0.3) is 0 Å². The van der Waals surface area contributed by atoms with Crippen LogP contribution in [-0.2, 0) is 19.0 Å². The molecule has 0 radical (unpaired) electrons. The van der Waals surface area contributed by atoms with E-state index in [1.54, 1.807) is 11.3 Å². The van der Waals surface area contributed by atoms with Gasteiger partial charge in [-0.2, -0.15) is 5.10 Å². The van der Waals surface area contributed by atoms with Crippen LogP contribution in [0, 0.1) is 0 Å². The Hall–Kier alpha value is -1.89. The maximum absolute atomic E-state index is 4.85. The Bertz CT molecular complexity index is 754. The fourth-order valence-electron chi connectivity index (χ4n) is 3.17. The zero-order chi connectivity index (χ0) is 18.7. The van der Waals surface area contributed by atoms with Crippen molar-refractivity contribution in [3.8, 4) is 0 Å². The maximum Gasteiger partial charge on any atom is 0.194 e. The highest BCUT2D eigenvalue weighted by Gasteiger charge is 2.27. The lowest BCUT2D eigenvalue weighted by molar-refractivity contribution is 0.486. The summed E-state index contributed by atoms with van der Waals surface area (Å²) in [6.07, 6.45) is 5.26. The van der Waals surface area contributed by atoms with Gasteiger partial charge in [-0.1, -0.05) is 20.8 Å². The van der Waals surface area contributed by atoms with Crippen LogP contribution in [0.1, 0.15) is 56.3 Å². The largest absolute Gasteiger partial charge is 0.357 e. The first kappa shape index (κ1) is 18.9. The second-order valence-corrected chi connectivity index (χ2v) is 8.87. The van der Waals surface area contributed by atoms with E-state index in [1.807, 2.05) is 17.9 Å². The number of aliphatic imine (C=N–C) groups is 1. The van der Waals surface area contributed by atoms with Crippen molar-refractivity contribution in [2.24, 2.45) is 12.0 Å². The summed E-state index contributed by atoms with van der Waals surface area (Å²) in [6, 6.07) is 0. The third-order valence-electron chi connectivity index (χ3n) is 4.70. The van der Waals surface area contributed by atoms with E-state index >= 15 is 0 Å². The third-order valence-corrected chi connectivity index (χ3v) is 5.54. The highest BCUT2D eigenvalue weighted by atomic mass is 32.1. The van der Waals surface area contributed by atoms with Gasteiger partial charge in [-0.25, -0.2) is 9.98 Å². The number of likely N-dealkylation sites (tertiary alicyclic amines) is 1. The zero-order valence-electron chi connectivity index (χ0n) is 16.5. The molecule has 1 unspecified atom stereocenters. The molecule has 0 aliphatic carbocycles. The molecular formula is C19H30N6S. The van der Waals surface area contributed by atoms with Crippen LogP contribution in [0.4, 0.5) is 0 Å². The minimum absolute atomic E-state index is 0.0921. The molecule has 1 saturated heterocycles. The van der Waals surface area contributed by atoms with E-state index in [1.165, 1.54) is 5.56 Å². The number of nitrogens with one attached hydrogen (secondary N) is 1. The standard InChI is InChI=1S/C19H30N6S/c1-6-20-18(21-10-17-23-16(13-26-17)19(2,3)4)25-8-7-14(12-25)15-9-22-24(5)11-15/h9,11,13-14H,6-8,10,12H2,1-5H3,(H,20,21). The number of thiazole rings is 1. The van der Waals surface area contributed by atoms with Gasteiger partial charge in [0.1, 0.15) is 5.01 Å². The Kier molecular flexibility index (Phi) is 5.65. The fourth-order valence-corrected chi connectivity index (χ4v) is 4.12. The Balaban J connectivity index is 1.67. The second-order valence-electron chi connectivity index (χ2n) is 7.93. The summed E-state index contributed by atoms with van der Waals surface area (Å²) in [6.45, 7) is 12.2. The lowest BCUT2D eigenvalue weighted by Gasteiger charge is -2.21. The smallest absolute Gasteiger partial charge is 0.194 e. The number of aromatic nitrogens is 3.